The van der Waals surface area contributed by atoms with Crippen LogP contribution >= 0.6 is 11.8 Å². The van der Waals surface area contributed by atoms with Gasteiger partial charge in [0.1, 0.15) is 5.69 Å². The summed E-state index contributed by atoms with van der Waals surface area (Å²) in [5.41, 5.74) is 5.40. The first-order chi connectivity index (χ1) is 17.2. The summed E-state index contributed by atoms with van der Waals surface area (Å²) in [6.07, 6.45) is 0.561. The number of nitrogens with two attached hydrogens (primary N) is 1. The molecule has 190 valence electrons. The molecule has 5 N–H and O–H groups in total. The fraction of sp³-hybridized carbons (Fsp3) is 0.217. The predicted molar refractivity (Wildman–Crippen MR) is 131 cm³/mol. The summed E-state index contributed by atoms with van der Waals surface area (Å²) in [5, 5.41) is 5.06. The normalized spacial score (nSPS) is 10.6. The zero-order chi connectivity index (χ0) is 26.2. The van der Waals surface area contributed by atoms with Crippen molar-refractivity contribution >= 4 is 35.1 Å². The van der Waals surface area contributed by atoms with Gasteiger partial charge in [0.2, 0.25) is 5.91 Å². The topological polar surface area (TPSA) is 148 Å². The molecule has 0 radical (unpaired) electrons. The number of nitrogen functional groups attached to an aromatic ring is 1. The van der Waals surface area contributed by atoms with Crippen molar-refractivity contribution in [2.45, 2.75) is 11.6 Å². The lowest BCUT2D eigenvalue weighted by molar-refractivity contribution is -0.118. The number of ether oxygens (including phenoxy) is 2. The van der Waals surface area contributed by atoms with Crippen LogP contribution in [-0.2, 0) is 11.2 Å². The van der Waals surface area contributed by atoms with Crippen LogP contribution in [-0.4, -0.2) is 48.3 Å². The average Bonchev–Trinajstić information content (AvgIpc) is 2.86. The second-order valence-corrected chi connectivity index (χ2v) is 8.26. The Hall–Kier alpha value is -4.13. The molecule has 0 aliphatic rings. The molecule has 1 aromatic heterocycles. The Morgan fingerprint density at radius 1 is 1.08 bits per heavy atom. The molecule has 0 unspecified atom stereocenters. The van der Waals surface area contributed by atoms with Crippen molar-refractivity contribution in [1.82, 2.24) is 15.3 Å². The Kier molecular flexibility index (Phi) is 8.84. The molecule has 3 rings (SSSR count). The Morgan fingerprint density at radius 3 is 2.50 bits per heavy atom. The maximum atomic E-state index is 13.4. The van der Waals surface area contributed by atoms with Crippen molar-refractivity contribution in [3.63, 3.8) is 0 Å². The van der Waals surface area contributed by atoms with E-state index in [1.165, 1.54) is 0 Å². The Labute approximate surface area is 208 Å². The van der Waals surface area contributed by atoms with Crippen molar-refractivity contribution in [2.24, 2.45) is 0 Å². The number of methoxy groups -OCH3 is 2. The summed E-state index contributed by atoms with van der Waals surface area (Å²) >= 11 is 0.942. The number of rotatable bonds is 10. The van der Waals surface area contributed by atoms with Gasteiger partial charge in [0.15, 0.2) is 34.1 Å². The van der Waals surface area contributed by atoms with Gasteiger partial charge in [-0.1, -0.05) is 17.8 Å². The highest BCUT2D eigenvalue weighted by Gasteiger charge is 2.16. The van der Waals surface area contributed by atoms with Crippen LogP contribution in [0.1, 0.15) is 15.9 Å². The molecule has 2 aromatic carbocycles. The largest absolute Gasteiger partial charge is 0.493 e. The van der Waals surface area contributed by atoms with Crippen LogP contribution in [0.3, 0.4) is 0 Å². The van der Waals surface area contributed by atoms with E-state index in [4.69, 9.17) is 15.2 Å². The number of carbonyl (C=O) groups is 2. The minimum atomic E-state index is -1.21. The molecule has 0 saturated heterocycles. The number of benzene rings is 2. The third kappa shape index (κ3) is 6.72. The molecule has 2 amide bonds. The van der Waals surface area contributed by atoms with Crippen LogP contribution in [0.15, 0.2) is 46.3 Å². The number of aromatic amines is 1. The van der Waals surface area contributed by atoms with Crippen molar-refractivity contribution in [3.05, 3.63) is 69.5 Å². The predicted octanol–water partition coefficient (Wildman–Crippen LogP) is 2.35. The van der Waals surface area contributed by atoms with E-state index in [1.807, 2.05) is 12.1 Å². The van der Waals surface area contributed by atoms with Crippen molar-refractivity contribution in [3.8, 4) is 11.5 Å². The van der Waals surface area contributed by atoms with Crippen LogP contribution in [0.25, 0.3) is 0 Å². The smallest absolute Gasteiger partial charge is 0.277 e. The number of anilines is 2. The molecule has 0 bridgehead atoms. The lowest BCUT2D eigenvalue weighted by Crippen LogP contribution is -2.27. The van der Waals surface area contributed by atoms with Gasteiger partial charge in [-0.25, -0.2) is 13.8 Å². The molecule has 0 aliphatic heterocycles. The van der Waals surface area contributed by atoms with Gasteiger partial charge in [-0.15, -0.1) is 0 Å². The molecule has 0 atom stereocenters. The number of hydrogen-bond donors (Lipinski definition) is 4. The Balaban J connectivity index is 1.53. The van der Waals surface area contributed by atoms with Crippen molar-refractivity contribution < 1.29 is 27.8 Å². The standard InChI is InChI=1S/C23H23F2N5O5S/c1-34-16-6-3-12(9-17(16)35-2)7-8-27-18(31)11-36-23-29-20(26)19(22(33)30-23)28-21(32)13-4-5-14(24)15(25)10-13/h3-6,9-10H,7-8,11H2,1-2H3,(H,27,31)(H,28,32)(H3,26,29,30,33). The summed E-state index contributed by atoms with van der Waals surface area (Å²) in [7, 11) is 3.09. The fourth-order valence-electron chi connectivity index (χ4n) is 3.05. The molecule has 1 heterocycles. The van der Waals surface area contributed by atoms with E-state index in [0.29, 0.717) is 30.5 Å². The average molecular weight is 520 g/mol. The van der Waals surface area contributed by atoms with Gasteiger partial charge in [-0.2, -0.15) is 0 Å². The molecule has 36 heavy (non-hydrogen) atoms. The van der Waals surface area contributed by atoms with Gasteiger partial charge < -0.3 is 25.8 Å². The molecular weight excluding hydrogens is 496 g/mol. The molecule has 3 aromatic rings. The number of thioether (sulfide) groups is 1. The quantitative estimate of drug-likeness (QED) is 0.236. The number of hydrogen-bond acceptors (Lipinski definition) is 8. The number of nitrogens with one attached hydrogen (secondary N) is 3. The highest BCUT2D eigenvalue weighted by Crippen LogP contribution is 2.27. The number of carbonyl (C=O) groups excluding carboxylic acids is 2. The maximum Gasteiger partial charge on any atom is 0.277 e. The second-order valence-electron chi connectivity index (χ2n) is 7.29. The molecule has 0 saturated carbocycles. The fourth-order valence-corrected chi connectivity index (χ4v) is 3.75. The van der Waals surface area contributed by atoms with Crippen LogP contribution in [0, 0.1) is 11.6 Å². The summed E-state index contributed by atoms with van der Waals surface area (Å²) < 4.78 is 36.9. The number of halogens is 2. The minimum absolute atomic E-state index is 0.0468. The van der Waals surface area contributed by atoms with Crippen molar-refractivity contribution in [1.29, 1.82) is 0 Å². The van der Waals surface area contributed by atoms with Gasteiger partial charge in [-0.3, -0.25) is 19.4 Å². The molecule has 10 nitrogen and oxygen atoms in total. The lowest BCUT2D eigenvalue weighted by Gasteiger charge is -2.10. The zero-order valence-electron chi connectivity index (χ0n) is 19.3. The number of nitrogens with zero attached hydrogens (tertiary/aromatic N) is 1. The molecule has 0 aliphatic carbocycles. The first-order valence-electron chi connectivity index (χ1n) is 10.5. The highest BCUT2D eigenvalue weighted by molar-refractivity contribution is 7.99. The number of amides is 2. The molecular formula is C23H23F2N5O5S. The third-order valence-corrected chi connectivity index (χ3v) is 5.74. The zero-order valence-corrected chi connectivity index (χ0v) is 20.1. The Bertz CT molecular complexity index is 1330. The molecule has 13 heteroatoms. The van der Waals surface area contributed by atoms with E-state index in [0.717, 1.165) is 29.5 Å². The lowest BCUT2D eigenvalue weighted by atomic mass is 10.1. The SMILES string of the molecule is COc1ccc(CCNC(=O)CSc2nc(N)c(NC(=O)c3ccc(F)c(F)c3)c(=O)[nH]2)cc1OC. The van der Waals surface area contributed by atoms with Gasteiger partial charge >= 0.3 is 0 Å². The second kappa shape index (κ2) is 12.0. The van der Waals surface area contributed by atoms with E-state index in [2.05, 4.69) is 20.6 Å². The van der Waals surface area contributed by atoms with E-state index < -0.39 is 23.1 Å². The van der Waals surface area contributed by atoms with Crippen LogP contribution in [0.4, 0.5) is 20.3 Å². The van der Waals surface area contributed by atoms with Gasteiger partial charge in [0.25, 0.3) is 11.5 Å². The maximum absolute atomic E-state index is 13.4. The van der Waals surface area contributed by atoms with Gasteiger partial charge in [0.05, 0.1) is 20.0 Å². The highest BCUT2D eigenvalue weighted by atomic mass is 32.2. The molecule has 0 fully saturated rings. The summed E-state index contributed by atoms with van der Waals surface area (Å²) in [4.78, 5) is 43.2. The molecule has 0 spiro atoms. The van der Waals surface area contributed by atoms with E-state index in [9.17, 15) is 23.2 Å². The number of aromatic nitrogens is 2. The number of H-pyrrole nitrogens is 1. The Morgan fingerprint density at radius 2 is 1.83 bits per heavy atom. The van der Waals surface area contributed by atoms with Gasteiger partial charge in [0, 0.05) is 12.1 Å². The first kappa shape index (κ1) is 26.5. The first-order valence-corrected chi connectivity index (χ1v) is 11.5. The third-order valence-electron chi connectivity index (χ3n) is 4.87. The van der Waals surface area contributed by atoms with Gasteiger partial charge in [-0.05, 0) is 42.3 Å². The van der Waals surface area contributed by atoms with Crippen LogP contribution in [0.5, 0.6) is 11.5 Å². The van der Waals surface area contributed by atoms with Crippen molar-refractivity contribution in [2.75, 3.05) is 37.6 Å². The summed E-state index contributed by atoms with van der Waals surface area (Å²) in [5.74, 6) is -2.64. The van der Waals surface area contributed by atoms with E-state index >= 15 is 0 Å². The van der Waals surface area contributed by atoms with E-state index in [1.54, 1.807) is 20.3 Å². The van der Waals surface area contributed by atoms with Crippen LogP contribution in [0.2, 0.25) is 0 Å². The monoisotopic (exact) mass is 519 g/mol. The minimum Gasteiger partial charge on any atom is -0.493 e. The summed E-state index contributed by atoms with van der Waals surface area (Å²) in [6.45, 7) is 0.371. The van der Waals surface area contributed by atoms with E-state index in [-0.39, 0.29) is 33.9 Å². The summed E-state index contributed by atoms with van der Waals surface area (Å²) in [6, 6.07) is 8.00. The van der Waals surface area contributed by atoms with Crippen LogP contribution < -0.4 is 31.4 Å².